The topological polar surface area (TPSA) is 61.6 Å². The largest absolute Gasteiger partial charge is 0.369 e. The highest BCUT2D eigenvalue weighted by Crippen LogP contribution is 2.30. The highest BCUT2D eigenvalue weighted by atomic mass is 35.5. The Kier molecular flexibility index (Phi) is 6.57. The minimum atomic E-state index is 0.129. The van der Waals surface area contributed by atoms with E-state index in [0.717, 1.165) is 63.6 Å². The summed E-state index contributed by atoms with van der Waals surface area (Å²) < 4.78 is 0. The van der Waals surface area contributed by atoms with Crippen LogP contribution in [0.5, 0.6) is 0 Å². The van der Waals surface area contributed by atoms with E-state index in [9.17, 15) is 4.79 Å². The summed E-state index contributed by atoms with van der Waals surface area (Å²) in [4.78, 5) is 17.1. The third-order valence-corrected chi connectivity index (χ3v) is 5.81. The average molecular weight is 365 g/mol. The number of hydrogen-bond acceptors (Lipinski definition) is 4. The number of piperazine rings is 1. The van der Waals surface area contributed by atoms with Gasteiger partial charge in [0.15, 0.2) is 0 Å². The fraction of sp³-hybridized carbons (Fsp3) is 0.632. The van der Waals surface area contributed by atoms with Gasteiger partial charge in [-0.25, -0.2) is 0 Å². The van der Waals surface area contributed by atoms with E-state index in [2.05, 4.69) is 21.2 Å². The van der Waals surface area contributed by atoms with Crippen LogP contribution >= 0.6 is 11.6 Å². The zero-order valence-corrected chi connectivity index (χ0v) is 15.5. The zero-order valence-electron chi connectivity index (χ0n) is 14.8. The van der Waals surface area contributed by atoms with Crippen LogP contribution < -0.4 is 16.0 Å². The standard InChI is InChI=1S/C19H29ClN4O/c20-16-4-2-5-17(13-16)24-11-9-23(10-12-24)8-7-22-19(25)18-6-1-3-15(18)14-21/h2,4-5,13,15,18H,1,3,6-12,14,21H2,(H,22,25)/t15-,18-/m1/s1. The van der Waals surface area contributed by atoms with Gasteiger partial charge in [-0.3, -0.25) is 9.69 Å². The highest BCUT2D eigenvalue weighted by molar-refractivity contribution is 6.30. The number of hydrogen-bond donors (Lipinski definition) is 2. The van der Waals surface area contributed by atoms with E-state index >= 15 is 0 Å². The Bertz CT molecular complexity index is 574. The molecule has 0 radical (unpaired) electrons. The van der Waals surface area contributed by atoms with Gasteiger partial charge in [-0.1, -0.05) is 24.1 Å². The van der Waals surface area contributed by atoms with E-state index in [1.54, 1.807) is 0 Å². The minimum Gasteiger partial charge on any atom is -0.369 e. The molecule has 6 heteroatoms. The Morgan fingerprint density at radius 1 is 1.24 bits per heavy atom. The van der Waals surface area contributed by atoms with Crippen molar-refractivity contribution in [3.63, 3.8) is 0 Å². The molecule has 2 fully saturated rings. The smallest absolute Gasteiger partial charge is 0.223 e. The summed E-state index contributed by atoms with van der Waals surface area (Å²) in [5, 5.41) is 3.90. The molecule has 25 heavy (non-hydrogen) atoms. The van der Waals surface area contributed by atoms with Crippen LogP contribution in [0.15, 0.2) is 24.3 Å². The Labute approximate surface area is 155 Å². The number of carbonyl (C=O) groups excluding carboxylic acids is 1. The fourth-order valence-corrected chi connectivity index (χ4v) is 4.22. The Hall–Kier alpha value is -1.30. The maximum atomic E-state index is 12.3. The summed E-state index contributed by atoms with van der Waals surface area (Å²) in [6, 6.07) is 8.03. The van der Waals surface area contributed by atoms with Gasteiger partial charge in [-0.15, -0.1) is 0 Å². The van der Waals surface area contributed by atoms with Crippen molar-refractivity contribution in [2.24, 2.45) is 17.6 Å². The van der Waals surface area contributed by atoms with Gasteiger partial charge in [-0.05, 0) is 43.5 Å². The van der Waals surface area contributed by atoms with Crippen LogP contribution in [-0.2, 0) is 4.79 Å². The highest BCUT2D eigenvalue weighted by Gasteiger charge is 2.31. The average Bonchev–Trinajstić information content (AvgIpc) is 3.11. The predicted molar refractivity (Wildman–Crippen MR) is 103 cm³/mol. The van der Waals surface area contributed by atoms with Gasteiger partial charge in [0, 0.05) is 55.9 Å². The van der Waals surface area contributed by atoms with E-state index in [1.165, 1.54) is 5.69 Å². The normalized spacial score (nSPS) is 24.5. The number of nitrogens with one attached hydrogen (secondary N) is 1. The van der Waals surface area contributed by atoms with Crippen LogP contribution in [0.2, 0.25) is 5.02 Å². The van der Waals surface area contributed by atoms with Gasteiger partial charge in [0.25, 0.3) is 0 Å². The summed E-state index contributed by atoms with van der Waals surface area (Å²) >= 11 is 6.08. The van der Waals surface area contributed by atoms with Crippen molar-refractivity contribution >= 4 is 23.2 Å². The molecule has 1 aromatic rings. The lowest BCUT2D eigenvalue weighted by Gasteiger charge is -2.36. The molecular formula is C19H29ClN4O. The lowest BCUT2D eigenvalue weighted by Crippen LogP contribution is -2.49. The summed E-state index contributed by atoms with van der Waals surface area (Å²) in [5.41, 5.74) is 6.97. The molecular weight excluding hydrogens is 336 g/mol. The maximum absolute atomic E-state index is 12.3. The molecule has 0 spiro atoms. The lowest BCUT2D eigenvalue weighted by atomic mass is 9.95. The molecule has 1 aliphatic heterocycles. The molecule has 3 N–H and O–H groups in total. The van der Waals surface area contributed by atoms with Crippen molar-refractivity contribution in [1.82, 2.24) is 10.2 Å². The molecule has 1 aliphatic carbocycles. The number of nitrogens with zero attached hydrogens (tertiary/aromatic N) is 2. The monoisotopic (exact) mass is 364 g/mol. The van der Waals surface area contributed by atoms with E-state index in [-0.39, 0.29) is 11.8 Å². The second-order valence-electron chi connectivity index (χ2n) is 7.13. The van der Waals surface area contributed by atoms with Gasteiger partial charge in [0.2, 0.25) is 5.91 Å². The second-order valence-corrected chi connectivity index (χ2v) is 7.57. The number of rotatable bonds is 6. The molecule has 0 bridgehead atoms. The first-order valence-corrected chi connectivity index (χ1v) is 9.76. The first-order valence-electron chi connectivity index (χ1n) is 9.38. The molecule has 138 valence electrons. The first-order chi connectivity index (χ1) is 12.2. The number of halogens is 1. The minimum absolute atomic E-state index is 0.129. The zero-order chi connectivity index (χ0) is 17.6. The van der Waals surface area contributed by atoms with Crippen LogP contribution in [0, 0.1) is 11.8 Å². The summed E-state index contributed by atoms with van der Waals surface area (Å²) in [7, 11) is 0. The van der Waals surface area contributed by atoms with Crippen LogP contribution in [-0.4, -0.2) is 56.6 Å². The van der Waals surface area contributed by atoms with Crippen molar-refractivity contribution in [3.8, 4) is 0 Å². The first kappa shape index (κ1) is 18.5. The molecule has 2 atom stereocenters. The van der Waals surface area contributed by atoms with Gasteiger partial charge in [-0.2, -0.15) is 0 Å². The molecule has 1 saturated heterocycles. The molecule has 2 aliphatic rings. The van der Waals surface area contributed by atoms with Crippen LogP contribution in [0.1, 0.15) is 19.3 Å². The van der Waals surface area contributed by atoms with E-state index < -0.39 is 0 Å². The van der Waals surface area contributed by atoms with Crippen molar-refractivity contribution in [2.45, 2.75) is 19.3 Å². The summed E-state index contributed by atoms with van der Waals surface area (Å²) in [5.74, 6) is 0.705. The molecule has 0 aromatic heterocycles. The number of carbonyl (C=O) groups is 1. The van der Waals surface area contributed by atoms with Crippen molar-refractivity contribution in [2.75, 3.05) is 50.7 Å². The van der Waals surface area contributed by atoms with E-state index in [1.807, 2.05) is 18.2 Å². The second kappa shape index (κ2) is 8.88. The number of amides is 1. The summed E-state index contributed by atoms with van der Waals surface area (Å²) in [6.45, 7) is 6.27. The van der Waals surface area contributed by atoms with E-state index in [0.29, 0.717) is 12.5 Å². The van der Waals surface area contributed by atoms with E-state index in [4.69, 9.17) is 17.3 Å². The Balaban J connectivity index is 1.37. The quantitative estimate of drug-likeness (QED) is 0.810. The van der Waals surface area contributed by atoms with Crippen LogP contribution in [0.25, 0.3) is 0 Å². The molecule has 0 unspecified atom stereocenters. The van der Waals surface area contributed by atoms with Crippen molar-refractivity contribution in [1.29, 1.82) is 0 Å². The molecule has 1 saturated carbocycles. The number of nitrogens with two attached hydrogens (primary N) is 1. The van der Waals surface area contributed by atoms with Crippen LogP contribution in [0.4, 0.5) is 5.69 Å². The summed E-state index contributed by atoms with van der Waals surface area (Å²) in [6.07, 6.45) is 3.22. The third-order valence-electron chi connectivity index (χ3n) is 5.57. The van der Waals surface area contributed by atoms with Gasteiger partial charge < -0.3 is 16.0 Å². The van der Waals surface area contributed by atoms with Crippen molar-refractivity contribution in [3.05, 3.63) is 29.3 Å². The number of anilines is 1. The molecule has 1 heterocycles. The van der Waals surface area contributed by atoms with Gasteiger partial charge >= 0.3 is 0 Å². The molecule has 1 amide bonds. The predicted octanol–water partition coefficient (Wildman–Crippen LogP) is 1.95. The van der Waals surface area contributed by atoms with Crippen LogP contribution in [0.3, 0.4) is 0 Å². The third kappa shape index (κ3) is 4.87. The number of benzene rings is 1. The molecule has 1 aromatic carbocycles. The fourth-order valence-electron chi connectivity index (χ4n) is 4.03. The Morgan fingerprint density at radius 3 is 2.76 bits per heavy atom. The Morgan fingerprint density at radius 2 is 2.04 bits per heavy atom. The SMILES string of the molecule is NC[C@H]1CCC[C@H]1C(=O)NCCN1CCN(c2cccc(Cl)c2)CC1. The maximum Gasteiger partial charge on any atom is 0.223 e. The van der Waals surface area contributed by atoms with Crippen molar-refractivity contribution < 1.29 is 4.79 Å². The molecule has 3 rings (SSSR count). The van der Waals surface area contributed by atoms with Gasteiger partial charge in [0.05, 0.1) is 0 Å². The lowest BCUT2D eigenvalue weighted by molar-refractivity contribution is -0.126. The molecule has 5 nitrogen and oxygen atoms in total. The van der Waals surface area contributed by atoms with Gasteiger partial charge in [0.1, 0.15) is 0 Å².